The van der Waals surface area contributed by atoms with Gasteiger partial charge in [0, 0.05) is 32.0 Å². The van der Waals surface area contributed by atoms with Crippen LogP contribution in [-0.4, -0.2) is 48.9 Å². The van der Waals surface area contributed by atoms with Crippen LogP contribution in [0.3, 0.4) is 0 Å². The molecule has 0 unspecified atom stereocenters. The molecular formula is C21H28N4O4. The summed E-state index contributed by atoms with van der Waals surface area (Å²) >= 11 is 0. The normalized spacial score (nSPS) is 14.1. The highest BCUT2D eigenvalue weighted by Crippen LogP contribution is 2.21. The van der Waals surface area contributed by atoms with Gasteiger partial charge in [-0.15, -0.1) is 0 Å². The molecule has 1 N–H and O–H groups in total. The van der Waals surface area contributed by atoms with Gasteiger partial charge in [0.1, 0.15) is 6.54 Å². The molecule has 3 rings (SSSR count). The largest absolute Gasteiger partial charge is 0.378 e. The minimum Gasteiger partial charge on any atom is -0.378 e. The molecule has 0 radical (unpaired) electrons. The number of amides is 1. The molecule has 156 valence electrons. The Kier molecular flexibility index (Phi) is 7.00. The fourth-order valence-corrected chi connectivity index (χ4v) is 3.44. The number of methoxy groups -OCH3 is 1. The smallest absolute Gasteiger partial charge is 0.255 e. The van der Waals surface area contributed by atoms with Gasteiger partial charge in [-0.05, 0) is 24.5 Å². The van der Waals surface area contributed by atoms with E-state index in [0.29, 0.717) is 37.9 Å². The Balaban J connectivity index is 1.89. The van der Waals surface area contributed by atoms with Crippen LogP contribution in [0.25, 0.3) is 0 Å². The predicted octanol–water partition coefficient (Wildman–Crippen LogP) is 1.74. The van der Waals surface area contributed by atoms with Crippen molar-refractivity contribution in [3.05, 3.63) is 51.4 Å². The Morgan fingerprint density at radius 1 is 1.31 bits per heavy atom. The van der Waals surface area contributed by atoms with Crippen molar-refractivity contribution in [2.75, 3.05) is 43.6 Å². The van der Waals surface area contributed by atoms with Crippen molar-refractivity contribution in [3.8, 4) is 0 Å². The highest BCUT2D eigenvalue weighted by Gasteiger charge is 2.20. The Labute approximate surface area is 170 Å². The van der Waals surface area contributed by atoms with Gasteiger partial charge in [0.15, 0.2) is 0 Å². The van der Waals surface area contributed by atoms with Gasteiger partial charge >= 0.3 is 0 Å². The molecule has 0 atom stereocenters. The number of aryl methyl sites for hydroxylation is 2. The van der Waals surface area contributed by atoms with E-state index < -0.39 is 0 Å². The standard InChI is InChI=1S/C21H28N4O4/c1-4-16-7-5-6-15(2)20(16)23-18(26)13-25-19(27)12-17(14-28-3)22-21(25)24-8-10-29-11-9-24/h5-7,12H,4,8-11,13-14H2,1-3H3,(H,23,26). The zero-order valence-corrected chi connectivity index (χ0v) is 17.2. The first-order valence-electron chi connectivity index (χ1n) is 9.84. The van der Waals surface area contributed by atoms with Gasteiger partial charge in [-0.25, -0.2) is 4.98 Å². The molecule has 1 aromatic heterocycles. The molecule has 1 aliphatic heterocycles. The SMILES string of the molecule is CCc1cccc(C)c1NC(=O)Cn1c(N2CCOCC2)nc(COC)cc1=O. The van der Waals surface area contributed by atoms with Gasteiger partial charge in [-0.2, -0.15) is 0 Å². The molecule has 1 aromatic carbocycles. The lowest BCUT2D eigenvalue weighted by Gasteiger charge is -2.29. The number of ether oxygens (including phenoxy) is 2. The van der Waals surface area contributed by atoms with Gasteiger partial charge < -0.3 is 19.7 Å². The summed E-state index contributed by atoms with van der Waals surface area (Å²) in [7, 11) is 1.56. The van der Waals surface area contributed by atoms with Crippen molar-refractivity contribution in [2.24, 2.45) is 0 Å². The third-order valence-corrected chi connectivity index (χ3v) is 4.93. The number of rotatable bonds is 7. The van der Waals surface area contributed by atoms with Crippen LogP contribution in [0, 0.1) is 6.92 Å². The molecule has 8 heteroatoms. The third-order valence-electron chi connectivity index (χ3n) is 4.93. The van der Waals surface area contributed by atoms with Gasteiger partial charge in [0.05, 0.1) is 25.5 Å². The van der Waals surface area contributed by atoms with E-state index in [-0.39, 0.29) is 24.6 Å². The number of carbonyl (C=O) groups is 1. The van der Waals surface area contributed by atoms with Gasteiger partial charge in [0.25, 0.3) is 5.56 Å². The molecule has 0 spiro atoms. The minimum absolute atomic E-state index is 0.108. The van der Waals surface area contributed by atoms with Crippen molar-refractivity contribution >= 4 is 17.5 Å². The second kappa shape index (κ2) is 9.67. The van der Waals surface area contributed by atoms with Crippen molar-refractivity contribution in [1.29, 1.82) is 0 Å². The minimum atomic E-state index is -0.274. The molecule has 2 heterocycles. The third kappa shape index (κ3) is 5.02. The number of para-hydroxylation sites is 1. The number of hydrogen-bond donors (Lipinski definition) is 1. The van der Waals surface area contributed by atoms with E-state index in [0.717, 1.165) is 23.2 Å². The highest BCUT2D eigenvalue weighted by molar-refractivity contribution is 5.92. The summed E-state index contributed by atoms with van der Waals surface area (Å²) in [6, 6.07) is 7.35. The second-order valence-corrected chi connectivity index (χ2v) is 7.02. The maximum atomic E-state index is 12.8. The summed E-state index contributed by atoms with van der Waals surface area (Å²) in [6.07, 6.45) is 0.809. The molecule has 0 aliphatic carbocycles. The molecule has 1 amide bonds. The number of aromatic nitrogens is 2. The summed E-state index contributed by atoms with van der Waals surface area (Å²) in [5, 5.41) is 2.98. The van der Waals surface area contributed by atoms with Crippen LogP contribution in [0.4, 0.5) is 11.6 Å². The summed E-state index contributed by atoms with van der Waals surface area (Å²) in [4.78, 5) is 32.2. The van der Waals surface area contributed by atoms with E-state index in [1.807, 2.05) is 36.9 Å². The Morgan fingerprint density at radius 3 is 2.76 bits per heavy atom. The summed E-state index contributed by atoms with van der Waals surface area (Å²) in [5.41, 5.74) is 3.14. The zero-order chi connectivity index (χ0) is 20.8. The average molecular weight is 400 g/mol. The van der Waals surface area contributed by atoms with E-state index in [4.69, 9.17) is 9.47 Å². The number of anilines is 2. The Bertz CT molecular complexity index is 919. The highest BCUT2D eigenvalue weighted by atomic mass is 16.5. The first-order valence-corrected chi connectivity index (χ1v) is 9.84. The molecular weight excluding hydrogens is 372 g/mol. The van der Waals surface area contributed by atoms with Crippen LogP contribution in [-0.2, 0) is 33.8 Å². The first kappa shape index (κ1) is 21.0. The van der Waals surface area contributed by atoms with Gasteiger partial charge in [-0.1, -0.05) is 25.1 Å². The summed E-state index contributed by atoms with van der Waals surface area (Å²) in [6.45, 7) is 6.47. The summed E-state index contributed by atoms with van der Waals surface area (Å²) < 4.78 is 12.0. The van der Waals surface area contributed by atoms with E-state index >= 15 is 0 Å². The van der Waals surface area contributed by atoms with Gasteiger partial charge in [0.2, 0.25) is 11.9 Å². The number of morpholine rings is 1. The molecule has 1 aliphatic rings. The zero-order valence-electron chi connectivity index (χ0n) is 17.2. The van der Waals surface area contributed by atoms with E-state index in [9.17, 15) is 9.59 Å². The fourth-order valence-electron chi connectivity index (χ4n) is 3.44. The molecule has 0 saturated carbocycles. The van der Waals surface area contributed by atoms with Crippen molar-refractivity contribution in [2.45, 2.75) is 33.4 Å². The second-order valence-electron chi connectivity index (χ2n) is 7.02. The van der Waals surface area contributed by atoms with E-state index in [1.54, 1.807) is 7.11 Å². The predicted molar refractivity (Wildman–Crippen MR) is 111 cm³/mol. The van der Waals surface area contributed by atoms with Crippen molar-refractivity contribution in [1.82, 2.24) is 9.55 Å². The average Bonchev–Trinajstić information content (AvgIpc) is 2.72. The van der Waals surface area contributed by atoms with Crippen LogP contribution in [0.15, 0.2) is 29.1 Å². The van der Waals surface area contributed by atoms with Crippen LogP contribution in [0.2, 0.25) is 0 Å². The van der Waals surface area contributed by atoms with Crippen LogP contribution >= 0.6 is 0 Å². The molecule has 29 heavy (non-hydrogen) atoms. The van der Waals surface area contributed by atoms with Crippen LogP contribution < -0.4 is 15.8 Å². The van der Waals surface area contributed by atoms with Crippen molar-refractivity contribution < 1.29 is 14.3 Å². The summed E-state index contributed by atoms with van der Waals surface area (Å²) in [5.74, 6) is 0.218. The number of carbonyl (C=O) groups excluding carboxylic acids is 1. The maximum Gasteiger partial charge on any atom is 0.255 e. The van der Waals surface area contributed by atoms with Crippen LogP contribution in [0.5, 0.6) is 0 Å². The lowest BCUT2D eigenvalue weighted by Crippen LogP contribution is -2.42. The monoisotopic (exact) mass is 400 g/mol. The Hall–Kier alpha value is -2.71. The van der Waals surface area contributed by atoms with E-state index in [2.05, 4.69) is 10.3 Å². The fraction of sp³-hybridized carbons (Fsp3) is 0.476. The topological polar surface area (TPSA) is 85.7 Å². The first-order chi connectivity index (χ1) is 14.0. The molecule has 8 nitrogen and oxygen atoms in total. The molecule has 0 bridgehead atoms. The molecule has 1 fully saturated rings. The quantitative estimate of drug-likeness (QED) is 0.762. The van der Waals surface area contributed by atoms with Crippen molar-refractivity contribution in [3.63, 3.8) is 0 Å². The molecule has 2 aromatic rings. The number of benzene rings is 1. The van der Waals surface area contributed by atoms with Crippen LogP contribution in [0.1, 0.15) is 23.7 Å². The maximum absolute atomic E-state index is 12.8. The van der Waals surface area contributed by atoms with Gasteiger partial charge in [-0.3, -0.25) is 14.2 Å². The Morgan fingerprint density at radius 2 is 2.07 bits per heavy atom. The number of nitrogens with one attached hydrogen (secondary N) is 1. The lowest BCUT2D eigenvalue weighted by atomic mass is 10.1. The lowest BCUT2D eigenvalue weighted by molar-refractivity contribution is -0.116. The molecule has 1 saturated heterocycles. The number of hydrogen-bond acceptors (Lipinski definition) is 6. The number of nitrogens with zero attached hydrogens (tertiary/aromatic N) is 3. The van der Waals surface area contributed by atoms with E-state index in [1.165, 1.54) is 10.6 Å².